The molecule has 1 fully saturated rings. The van der Waals surface area contributed by atoms with Crippen LogP contribution < -0.4 is 4.74 Å². The van der Waals surface area contributed by atoms with Crippen LogP contribution in [0.5, 0.6) is 5.75 Å². The maximum Gasteiger partial charge on any atom is 0.308 e. The van der Waals surface area contributed by atoms with Crippen LogP contribution >= 0.6 is 0 Å². The summed E-state index contributed by atoms with van der Waals surface area (Å²) in [6, 6.07) is 8.10. The number of esters is 1. The fourth-order valence-corrected chi connectivity index (χ4v) is 2.49. The first kappa shape index (κ1) is 14.9. The Kier molecular flexibility index (Phi) is 5.41. The van der Waals surface area contributed by atoms with Gasteiger partial charge in [0.15, 0.2) is 0 Å². The highest BCUT2D eigenvalue weighted by Gasteiger charge is 2.25. The molecule has 1 aliphatic rings. The first-order valence-electron chi connectivity index (χ1n) is 7.18. The second kappa shape index (κ2) is 7.29. The molecule has 0 aromatic heterocycles. The summed E-state index contributed by atoms with van der Waals surface area (Å²) < 4.78 is 10.5. The topological polar surface area (TPSA) is 38.8 Å². The number of hydrogen-bond acceptors (Lipinski definition) is 4. The van der Waals surface area contributed by atoms with Crippen LogP contribution in [0.15, 0.2) is 24.3 Å². The summed E-state index contributed by atoms with van der Waals surface area (Å²) in [6.45, 7) is 5.54. The van der Waals surface area contributed by atoms with E-state index < -0.39 is 0 Å². The highest BCUT2D eigenvalue weighted by atomic mass is 16.5. The molecule has 0 N–H and O–H groups in total. The van der Waals surface area contributed by atoms with Crippen LogP contribution in [0.2, 0.25) is 0 Å². The molecular weight excluding hydrogens is 254 g/mol. The molecule has 0 bridgehead atoms. The molecule has 0 spiro atoms. The number of rotatable bonds is 5. The van der Waals surface area contributed by atoms with Gasteiger partial charge < -0.3 is 9.47 Å². The summed E-state index contributed by atoms with van der Waals surface area (Å²) >= 11 is 0. The maximum atomic E-state index is 11.4. The van der Waals surface area contributed by atoms with E-state index in [0.29, 0.717) is 6.61 Å². The summed E-state index contributed by atoms with van der Waals surface area (Å²) in [5.41, 5.74) is 1.24. The standard InChI is InChI=1S/C16H23NO3/c1-13-3-5-15(6-4-13)20-12-11-17-9-7-14(8-10-17)16(18)19-2/h3-6,14H,7-12H2,1-2H3. The van der Waals surface area contributed by atoms with E-state index in [1.54, 1.807) is 0 Å². The summed E-state index contributed by atoms with van der Waals surface area (Å²) in [6.07, 6.45) is 1.77. The molecule has 4 heteroatoms. The van der Waals surface area contributed by atoms with E-state index in [4.69, 9.17) is 9.47 Å². The molecule has 1 aliphatic heterocycles. The molecular formula is C16H23NO3. The monoisotopic (exact) mass is 277 g/mol. The van der Waals surface area contributed by atoms with E-state index in [1.165, 1.54) is 12.7 Å². The number of ether oxygens (including phenoxy) is 2. The minimum Gasteiger partial charge on any atom is -0.492 e. The predicted molar refractivity (Wildman–Crippen MR) is 77.9 cm³/mol. The SMILES string of the molecule is COC(=O)C1CCN(CCOc2ccc(C)cc2)CC1. The van der Waals surface area contributed by atoms with Gasteiger partial charge in [-0.2, -0.15) is 0 Å². The van der Waals surface area contributed by atoms with E-state index in [2.05, 4.69) is 24.0 Å². The number of carbonyl (C=O) groups is 1. The lowest BCUT2D eigenvalue weighted by atomic mass is 9.97. The number of benzene rings is 1. The summed E-state index contributed by atoms with van der Waals surface area (Å²) in [5.74, 6) is 0.926. The minimum absolute atomic E-state index is 0.0689. The molecule has 1 aromatic carbocycles. The molecule has 20 heavy (non-hydrogen) atoms. The average molecular weight is 277 g/mol. The highest BCUT2D eigenvalue weighted by molar-refractivity contribution is 5.72. The van der Waals surface area contributed by atoms with E-state index in [1.807, 2.05) is 12.1 Å². The Balaban J connectivity index is 1.66. The van der Waals surface area contributed by atoms with Crippen LogP contribution in [0, 0.1) is 12.8 Å². The Bertz CT molecular complexity index is 422. The van der Waals surface area contributed by atoms with Gasteiger partial charge in [0.05, 0.1) is 13.0 Å². The minimum atomic E-state index is -0.0689. The molecule has 0 radical (unpaired) electrons. The first-order chi connectivity index (χ1) is 9.69. The zero-order valence-corrected chi connectivity index (χ0v) is 12.3. The van der Waals surface area contributed by atoms with Crippen molar-refractivity contribution >= 4 is 5.97 Å². The van der Waals surface area contributed by atoms with Gasteiger partial charge >= 0.3 is 5.97 Å². The van der Waals surface area contributed by atoms with E-state index in [9.17, 15) is 4.79 Å². The Labute approximate surface area is 120 Å². The molecule has 1 heterocycles. The van der Waals surface area contributed by atoms with Crippen molar-refractivity contribution in [3.63, 3.8) is 0 Å². The molecule has 2 rings (SSSR count). The van der Waals surface area contributed by atoms with Crippen molar-refractivity contribution in [1.82, 2.24) is 4.90 Å². The molecule has 0 unspecified atom stereocenters. The number of nitrogens with zero attached hydrogens (tertiary/aromatic N) is 1. The molecule has 0 aliphatic carbocycles. The van der Waals surface area contributed by atoms with Crippen LogP contribution in [0.3, 0.4) is 0 Å². The summed E-state index contributed by atoms with van der Waals surface area (Å²) in [4.78, 5) is 13.8. The maximum absolute atomic E-state index is 11.4. The quantitative estimate of drug-likeness (QED) is 0.774. The smallest absolute Gasteiger partial charge is 0.308 e. The van der Waals surface area contributed by atoms with Crippen molar-refractivity contribution in [1.29, 1.82) is 0 Å². The largest absolute Gasteiger partial charge is 0.492 e. The number of carbonyl (C=O) groups excluding carboxylic acids is 1. The third-order valence-electron chi connectivity index (χ3n) is 3.82. The number of likely N-dealkylation sites (tertiary alicyclic amines) is 1. The lowest BCUT2D eigenvalue weighted by Gasteiger charge is -2.30. The molecule has 0 saturated carbocycles. The van der Waals surface area contributed by atoms with Gasteiger partial charge in [-0.15, -0.1) is 0 Å². The first-order valence-corrected chi connectivity index (χ1v) is 7.18. The van der Waals surface area contributed by atoms with Crippen LogP contribution in [0.4, 0.5) is 0 Å². The summed E-state index contributed by atoms with van der Waals surface area (Å²) in [5, 5.41) is 0. The third-order valence-corrected chi connectivity index (χ3v) is 3.82. The molecule has 0 atom stereocenters. The zero-order valence-electron chi connectivity index (χ0n) is 12.3. The number of hydrogen-bond donors (Lipinski definition) is 0. The van der Waals surface area contributed by atoms with Crippen LogP contribution in [-0.4, -0.2) is 44.2 Å². The van der Waals surface area contributed by atoms with Gasteiger partial charge in [0.25, 0.3) is 0 Å². The van der Waals surface area contributed by atoms with E-state index in [-0.39, 0.29) is 11.9 Å². The molecule has 1 saturated heterocycles. The predicted octanol–water partition coefficient (Wildman–Crippen LogP) is 2.26. The average Bonchev–Trinajstić information content (AvgIpc) is 2.49. The van der Waals surface area contributed by atoms with Crippen molar-refractivity contribution in [2.45, 2.75) is 19.8 Å². The Morgan fingerprint density at radius 3 is 2.50 bits per heavy atom. The molecule has 0 amide bonds. The Morgan fingerprint density at radius 1 is 1.25 bits per heavy atom. The van der Waals surface area contributed by atoms with Gasteiger partial charge in [-0.3, -0.25) is 9.69 Å². The van der Waals surface area contributed by atoms with Gasteiger partial charge in [0.1, 0.15) is 12.4 Å². The van der Waals surface area contributed by atoms with Crippen molar-refractivity contribution in [3.8, 4) is 5.75 Å². The van der Waals surface area contributed by atoms with E-state index in [0.717, 1.165) is 38.2 Å². The molecule has 1 aromatic rings. The highest BCUT2D eigenvalue weighted by Crippen LogP contribution is 2.18. The van der Waals surface area contributed by atoms with Crippen molar-refractivity contribution in [3.05, 3.63) is 29.8 Å². The lowest BCUT2D eigenvalue weighted by molar-refractivity contribution is -0.147. The third kappa shape index (κ3) is 4.23. The van der Waals surface area contributed by atoms with Crippen LogP contribution in [0.25, 0.3) is 0 Å². The Morgan fingerprint density at radius 2 is 1.90 bits per heavy atom. The fraction of sp³-hybridized carbons (Fsp3) is 0.562. The summed E-state index contributed by atoms with van der Waals surface area (Å²) in [7, 11) is 1.46. The number of methoxy groups -OCH3 is 1. The zero-order chi connectivity index (χ0) is 14.4. The van der Waals surface area contributed by atoms with Crippen molar-refractivity contribution in [2.24, 2.45) is 5.92 Å². The van der Waals surface area contributed by atoms with Gasteiger partial charge in [0.2, 0.25) is 0 Å². The van der Waals surface area contributed by atoms with Crippen LogP contribution in [-0.2, 0) is 9.53 Å². The second-order valence-electron chi connectivity index (χ2n) is 5.30. The Hall–Kier alpha value is -1.55. The number of aryl methyl sites for hydroxylation is 1. The van der Waals surface area contributed by atoms with Crippen LogP contribution in [0.1, 0.15) is 18.4 Å². The van der Waals surface area contributed by atoms with E-state index >= 15 is 0 Å². The second-order valence-corrected chi connectivity index (χ2v) is 5.30. The van der Waals surface area contributed by atoms with Crippen molar-refractivity contribution < 1.29 is 14.3 Å². The normalized spacial score (nSPS) is 16.9. The lowest BCUT2D eigenvalue weighted by Crippen LogP contribution is -2.38. The van der Waals surface area contributed by atoms with Gasteiger partial charge in [-0.05, 0) is 45.0 Å². The van der Waals surface area contributed by atoms with Gasteiger partial charge in [-0.25, -0.2) is 0 Å². The number of piperidine rings is 1. The van der Waals surface area contributed by atoms with Gasteiger partial charge in [0, 0.05) is 6.54 Å². The molecule has 110 valence electrons. The molecule has 4 nitrogen and oxygen atoms in total. The van der Waals surface area contributed by atoms with Gasteiger partial charge in [-0.1, -0.05) is 17.7 Å². The fourth-order valence-electron chi connectivity index (χ4n) is 2.49. The van der Waals surface area contributed by atoms with Crippen molar-refractivity contribution in [2.75, 3.05) is 33.4 Å².